The molecule has 11 heteroatoms. The molecule has 41 heavy (non-hydrogen) atoms. The Morgan fingerprint density at radius 2 is 1.71 bits per heavy atom. The first-order chi connectivity index (χ1) is 19.3. The summed E-state index contributed by atoms with van der Waals surface area (Å²) in [6.07, 6.45) is 1.15. The third-order valence-electron chi connectivity index (χ3n) is 7.35. The van der Waals surface area contributed by atoms with Gasteiger partial charge in [0.2, 0.25) is 5.78 Å². The molecule has 2 aromatic carbocycles. The number of likely N-dealkylation sites (tertiary alicyclic amines) is 1. The minimum absolute atomic E-state index is 0.0302. The Morgan fingerprint density at radius 1 is 1.07 bits per heavy atom. The third kappa shape index (κ3) is 5.28. The largest absolute Gasteiger partial charge is 0.534 e. The zero-order valence-electron chi connectivity index (χ0n) is 23.5. The lowest BCUT2D eigenvalue weighted by Gasteiger charge is -2.33. The molecule has 2 heterocycles. The van der Waals surface area contributed by atoms with Gasteiger partial charge in [-0.3, -0.25) is 14.4 Å². The second-order valence-corrected chi connectivity index (χ2v) is 12.1. The normalized spacial score (nSPS) is 15.5. The van der Waals surface area contributed by atoms with Crippen LogP contribution in [-0.2, 0) is 11.2 Å². The number of Topliss-reactive ketones (excluding diaryl/α,β-unsaturated/α-hetero) is 2. The van der Waals surface area contributed by atoms with E-state index < -0.39 is 29.2 Å². The van der Waals surface area contributed by atoms with Crippen molar-refractivity contribution in [3.05, 3.63) is 63.6 Å². The van der Waals surface area contributed by atoms with E-state index in [0.29, 0.717) is 30.1 Å². The predicted octanol–water partition coefficient (Wildman–Crippen LogP) is 5.34. The number of hydrogen-bond acceptors (Lipinski definition) is 7. The highest BCUT2D eigenvalue weighted by molar-refractivity contribution is 6.57. The highest BCUT2D eigenvalue weighted by Crippen LogP contribution is 2.44. The highest BCUT2D eigenvalue weighted by atomic mass is 35.5. The second kappa shape index (κ2) is 10.5. The molecule has 5 rings (SSSR count). The number of piperidine rings is 1. The van der Waals surface area contributed by atoms with Gasteiger partial charge in [0, 0.05) is 32.6 Å². The molecule has 2 bridgehead atoms. The Labute approximate surface area is 241 Å². The zero-order chi connectivity index (χ0) is 29.8. The molecule has 1 aliphatic carbocycles. The summed E-state index contributed by atoms with van der Waals surface area (Å²) >= 11 is 6.65. The topological polar surface area (TPSA) is 98.2 Å². The maximum atomic E-state index is 13.9. The summed E-state index contributed by atoms with van der Waals surface area (Å²) in [6.45, 7) is 5.88. The number of benzene rings is 2. The van der Waals surface area contributed by atoms with Gasteiger partial charge in [0.25, 0.3) is 11.7 Å². The highest BCUT2D eigenvalue weighted by Gasteiger charge is 2.43. The smallest absolute Gasteiger partial charge is 0.427 e. The van der Waals surface area contributed by atoms with E-state index in [9.17, 15) is 23.6 Å². The first-order valence-corrected chi connectivity index (χ1v) is 13.8. The van der Waals surface area contributed by atoms with E-state index in [-0.39, 0.29) is 33.2 Å². The van der Waals surface area contributed by atoms with Crippen molar-refractivity contribution in [2.45, 2.75) is 45.6 Å². The van der Waals surface area contributed by atoms with Crippen LogP contribution in [0.25, 0.3) is 10.9 Å². The summed E-state index contributed by atoms with van der Waals surface area (Å²) in [5.41, 5.74) is 0.422. The van der Waals surface area contributed by atoms with Crippen LogP contribution < -0.4 is 9.74 Å². The van der Waals surface area contributed by atoms with E-state index in [2.05, 4.69) is 0 Å². The quantitative estimate of drug-likeness (QED) is 0.295. The van der Waals surface area contributed by atoms with Crippen LogP contribution in [0.15, 0.2) is 30.3 Å². The number of ketones is 2. The maximum absolute atomic E-state index is 13.9. The molecule has 0 radical (unpaired) electrons. The number of amides is 1. The number of fused-ring (bicyclic) bond motifs is 1. The van der Waals surface area contributed by atoms with Crippen LogP contribution in [0.1, 0.15) is 70.4 Å². The van der Waals surface area contributed by atoms with E-state index in [1.54, 1.807) is 56.8 Å². The summed E-state index contributed by atoms with van der Waals surface area (Å²) in [4.78, 5) is 62.0. The van der Waals surface area contributed by atoms with Gasteiger partial charge < -0.3 is 19.4 Å². The Balaban J connectivity index is 1.49. The average molecular weight is 584 g/mol. The number of carbonyl (C=O) groups excluding carboxylic acids is 4. The van der Waals surface area contributed by atoms with Gasteiger partial charge in [-0.05, 0) is 69.7 Å². The molecule has 1 aliphatic heterocycles. The Morgan fingerprint density at radius 3 is 2.29 bits per heavy atom. The van der Waals surface area contributed by atoms with Gasteiger partial charge in [-0.15, -0.1) is 0 Å². The summed E-state index contributed by atoms with van der Waals surface area (Å²) in [7, 11) is 3.37. The molecule has 216 valence electrons. The molecule has 0 unspecified atom stereocenters. The van der Waals surface area contributed by atoms with Crippen LogP contribution in [0.5, 0.6) is 0 Å². The molecule has 3 aromatic rings. The van der Waals surface area contributed by atoms with Crippen molar-refractivity contribution < 1.29 is 33.1 Å². The van der Waals surface area contributed by atoms with Gasteiger partial charge in [0.15, 0.2) is 5.69 Å². The van der Waals surface area contributed by atoms with E-state index in [1.807, 2.05) is 0 Å². The van der Waals surface area contributed by atoms with Gasteiger partial charge in [0.1, 0.15) is 11.4 Å². The molecule has 1 amide bonds. The molecular formula is C30H31ClFN3O6. The van der Waals surface area contributed by atoms with Crippen molar-refractivity contribution in [3.8, 4) is 0 Å². The fourth-order valence-corrected chi connectivity index (χ4v) is 5.83. The average Bonchev–Trinajstić information content (AvgIpc) is 3.18. The van der Waals surface area contributed by atoms with Crippen molar-refractivity contribution in [1.29, 1.82) is 0 Å². The molecule has 1 fully saturated rings. The lowest BCUT2D eigenvalue weighted by Crippen LogP contribution is -2.40. The molecule has 1 aromatic heterocycles. The molecule has 2 aliphatic rings. The lowest BCUT2D eigenvalue weighted by atomic mass is 9.88. The number of carbonyl (C=O) groups is 4. The number of anilines is 1. The standard InChI is InChI=1S/C30H31ClFN3O6/c1-30(2,3)40-29(39)41-35-20-15-19(31)21(23-22(20)24(33(4)5)25(35)27(37)26(23)36)28(38)34-12-10-17(11-13-34)14-16-6-8-18(32)9-7-16/h6-9,15,17H,10-14H2,1-5H3. The molecule has 1 saturated heterocycles. The van der Waals surface area contributed by atoms with Gasteiger partial charge in [0.05, 0.1) is 27.4 Å². The van der Waals surface area contributed by atoms with Gasteiger partial charge >= 0.3 is 6.16 Å². The van der Waals surface area contributed by atoms with Crippen LogP contribution in [-0.4, -0.2) is 66.0 Å². The maximum Gasteiger partial charge on any atom is 0.534 e. The van der Waals surface area contributed by atoms with Crippen LogP contribution in [0.4, 0.5) is 14.9 Å². The molecule has 0 saturated carbocycles. The molecular weight excluding hydrogens is 553 g/mol. The SMILES string of the molecule is CN(C)c1c2n(OC(=O)OC(C)(C)C)c3cc(Cl)c(C(=O)N4CCC(Cc5ccc(F)cc5)CC4)c(c13)C(=O)C2=O. The summed E-state index contributed by atoms with van der Waals surface area (Å²) in [5, 5.41) is 0.273. The van der Waals surface area contributed by atoms with E-state index >= 15 is 0 Å². The van der Waals surface area contributed by atoms with Crippen LogP contribution in [0, 0.1) is 11.7 Å². The van der Waals surface area contributed by atoms with Crippen molar-refractivity contribution in [2.75, 3.05) is 32.1 Å². The first kappa shape index (κ1) is 28.6. The van der Waals surface area contributed by atoms with Crippen LogP contribution in [0.2, 0.25) is 5.02 Å². The van der Waals surface area contributed by atoms with Crippen molar-refractivity contribution in [2.24, 2.45) is 5.92 Å². The first-order valence-electron chi connectivity index (χ1n) is 13.4. The number of halogens is 2. The van der Waals surface area contributed by atoms with Gasteiger partial charge in [-0.1, -0.05) is 23.7 Å². The number of rotatable bonds is 5. The van der Waals surface area contributed by atoms with Crippen molar-refractivity contribution >= 4 is 51.8 Å². The fourth-order valence-electron chi connectivity index (χ4n) is 5.55. The number of hydrogen-bond donors (Lipinski definition) is 0. The second-order valence-electron chi connectivity index (χ2n) is 11.7. The van der Waals surface area contributed by atoms with E-state index in [4.69, 9.17) is 21.2 Å². The predicted molar refractivity (Wildman–Crippen MR) is 151 cm³/mol. The molecule has 0 N–H and O–H groups in total. The third-order valence-corrected chi connectivity index (χ3v) is 7.64. The van der Waals surface area contributed by atoms with Gasteiger partial charge in [-0.2, -0.15) is 4.73 Å². The number of aromatic nitrogens is 1. The molecule has 9 nitrogen and oxygen atoms in total. The Kier molecular flexibility index (Phi) is 7.31. The lowest BCUT2D eigenvalue weighted by molar-refractivity contribution is -0.00944. The van der Waals surface area contributed by atoms with E-state index in [1.165, 1.54) is 18.2 Å². The Hall–Kier alpha value is -3.92. The molecule has 0 spiro atoms. The van der Waals surface area contributed by atoms with Gasteiger partial charge in [-0.25, -0.2) is 9.18 Å². The fraction of sp³-hybridized carbons (Fsp3) is 0.400. The van der Waals surface area contributed by atoms with E-state index in [0.717, 1.165) is 29.6 Å². The summed E-state index contributed by atoms with van der Waals surface area (Å²) < 4.78 is 19.5. The number of ether oxygens (including phenoxy) is 1. The summed E-state index contributed by atoms with van der Waals surface area (Å²) in [5.74, 6) is -2.23. The monoisotopic (exact) mass is 583 g/mol. The van der Waals surface area contributed by atoms with Crippen molar-refractivity contribution in [1.82, 2.24) is 9.63 Å². The summed E-state index contributed by atoms with van der Waals surface area (Å²) in [6, 6.07) is 7.85. The van der Waals surface area contributed by atoms with Crippen LogP contribution >= 0.6 is 11.6 Å². The van der Waals surface area contributed by atoms with Crippen molar-refractivity contribution in [3.63, 3.8) is 0 Å². The van der Waals surface area contributed by atoms with Crippen LogP contribution in [0.3, 0.4) is 0 Å². The minimum atomic E-state index is -1.07. The molecule has 0 atom stereocenters. The number of nitrogens with zero attached hydrogens (tertiary/aromatic N) is 3. The zero-order valence-corrected chi connectivity index (χ0v) is 24.3. The minimum Gasteiger partial charge on any atom is -0.427 e. The Bertz CT molecular complexity index is 1580.